The highest BCUT2D eigenvalue weighted by molar-refractivity contribution is 6.51. The van der Waals surface area contributed by atoms with Gasteiger partial charge in [0.05, 0.1) is 28.8 Å². The molecule has 2 aliphatic rings. The Kier molecular flexibility index (Phi) is 5.40. The van der Waals surface area contributed by atoms with Crippen LogP contribution in [-0.4, -0.2) is 21.5 Å². The van der Waals surface area contributed by atoms with Crippen LogP contribution in [0.4, 0.5) is 22.9 Å². The van der Waals surface area contributed by atoms with E-state index in [1.54, 1.807) is 0 Å². The van der Waals surface area contributed by atoms with Gasteiger partial charge in [0.25, 0.3) is 0 Å². The Bertz CT molecular complexity index is 1740. The number of aromatic nitrogens is 2. The number of rotatable bonds is 3. The normalized spacial score (nSPS) is 15.6. The molecule has 3 heterocycles. The number of nitrogens with one attached hydrogen (secondary N) is 1. The smallest absolute Gasteiger partial charge is 0.179 e. The number of fused-ring (bicyclic) bond motifs is 4. The summed E-state index contributed by atoms with van der Waals surface area (Å²) in [6.45, 7) is 6.30. The molecule has 1 N–H and O–H groups in total. The van der Waals surface area contributed by atoms with E-state index in [1.807, 2.05) is 28.9 Å². The summed E-state index contributed by atoms with van der Waals surface area (Å²) >= 11 is 0. The molecule has 0 fully saturated rings. The number of nitrogens with zero attached hydrogens (tertiary/aromatic N) is 5. The quantitative estimate of drug-likeness (QED) is 0.273. The third-order valence-electron chi connectivity index (χ3n) is 7.24. The van der Waals surface area contributed by atoms with E-state index in [1.165, 1.54) is 16.7 Å². The van der Waals surface area contributed by atoms with Crippen molar-refractivity contribution < 1.29 is 0 Å². The van der Waals surface area contributed by atoms with Crippen molar-refractivity contribution in [1.82, 2.24) is 9.78 Å². The summed E-state index contributed by atoms with van der Waals surface area (Å²) in [5, 5.41) is 8.63. The summed E-state index contributed by atoms with van der Waals surface area (Å²) in [5.74, 6) is 2.31. The van der Waals surface area contributed by atoms with Crippen molar-refractivity contribution in [1.29, 1.82) is 0 Å². The standard InChI is InChI=1S/C33H28N6/c1-21-18-22(2)20-25(19-21)34-31-33-36-32-29(23(3)37-39(32)26-14-8-5-9-15-26)30(24-12-6-4-7-13-24)38(33)28-17-11-10-16-27(28)35-31/h4-20,30H,1-3H3,(H,34,35)/t30-/m1/s1. The summed E-state index contributed by atoms with van der Waals surface area (Å²) in [6, 6.07) is 35.4. The average Bonchev–Trinajstić information content (AvgIpc) is 3.28. The summed E-state index contributed by atoms with van der Waals surface area (Å²) < 4.78 is 1.96. The van der Waals surface area contributed by atoms with Gasteiger partial charge in [0, 0.05) is 11.3 Å². The molecule has 1 aromatic heterocycles. The molecule has 6 nitrogen and oxygen atoms in total. The Labute approximate surface area is 228 Å². The monoisotopic (exact) mass is 508 g/mol. The summed E-state index contributed by atoms with van der Waals surface area (Å²) in [7, 11) is 0. The molecule has 2 aliphatic heterocycles. The van der Waals surface area contributed by atoms with E-state index in [9.17, 15) is 0 Å². The van der Waals surface area contributed by atoms with E-state index >= 15 is 0 Å². The minimum Gasteiger partial charge on any atom is -0.337 e. The summed E-state index contributed by atoms with van der Waals surface area (Å²) in [6.07, 6.45) is 0. The Balaban J connectivity index is 1.50. The van der Waals surface area contributed by atoms with Crippen LogP contribution in [0, 0.1) is 20.8 Å². The lowest BCUT2D eigenvalue weighted by Gasteiger charge is -2.40. The fraction of sp³-hybridized carbons (Fsp3) is 0.121. The van der Waals surface area contributed by atoms with Crippen LogP contribution in [0.3, 0.4) is 0 Å². The van der Waals surface area contributed by atoms with Crippen LogP contribution in [0.2, 0.25) is 0 Å². The molecule has 4 aromatic carbocycles. The second-order valence-electron chi connectivity index (χ2n) is 10.1. The van der Waals surface area contributed by atoms with Crippen molar-refractivity contribution in [3.05, 3.63) is 131 Å². The van der Waals surface area contributed by atoms with Crippen LogP contribution in [0.25, 0.3) is 5.69 Å². The SMILES string of the molecule is Cc1cc(C)cc(NC2=Nc3ccccc3N3C2=Nc2c(c(C)nn2-c2ccccc2)[C@H]3c2ccccc2)c1. The number of aliphatic imine (C=N–C) groups is 2. The molecule has 7 rings (SSSR count). The zero-order chi connectivity index (χ0) is 26.5. The van der Waals surface area contributed by atoms with Crippen LogP contribution < -0.4 is 10.2 Å². The predicted molar refractivity (Wildman–Crippen MR) is 159 cm³/mol. The molecule has 6 heteroatoms. The maximum atomic E-state index is 5.31. The highest BCUT2D eigenvalue weighted by Crippen LogP contribution is 2.48. The Morgan fingerprint density at radius 1 is 0.718 bits per heavy atom. The number of hydrogen-bond donors (Lipinski definition) is 1. The largest absolute Gasteiger partial charge is 0.337 e. The summed E-state index contributed by atoms with van der Waals surface area (Å²) in [4.78, 5) is 12.7. The average molecular weight is 509 g/mol. The maximum absolute atomic E-state index is 5.31. The van der Waals surface area contributed by atoms with E-state index in [0.29, 0.717) is 5.84 Å². The van der Waals surface area contributed by atoms with Crippen molar-refractivity contribution in [2.45, 2.75) is 26.8 Å². The molecule has 39 heavy (non-hydrogen) atoms. The molecule has 0 radical (unpaired) electrons. The van der Waals surface area contributed by atoms with Crippen molar-refractivity contribution in [3.8, 4) is 5.69 Å². The van der Waals surface area contributed by atoms with Gasteiger partial charge in [-0.15, -0.1) is 0 Å². The molecule has 190 valence electrons. The van der Waals surface area contributed by atoms with E-state index in [4.69, 9.17) is 15.1 Å². The number of hydrogen-bond acceptors (Lipinski definition) is 5. The van der Waals surface area contributed by atoms with Crippen LogP contribution in [-0.2, 0) is 0 Å². The summed E-state index contributed by atoms with van der Waals surface area (Å²) in [5.41, 5.74) is 9.49. The number of para-hydroxylation sites is 3. The Hall–Kier alpha value is -4.97. The lowest BCUT2D eigenvalue weighted by atomic mass is 9.93. The molecule has 0 bridgehead atoms. The second-order valence-corrected chi connectivity index (χ2v) is 10.1. The van der Waals surface area contributed by atoms with Crippen molar-refractivity contribution in [2.75, 3.05) is 10.2 Å². The van der Waals surface area contributed by atoms with Gasteiger partial charge in [0.2, 0.25) is 0 Å². The molecule has 0 saturated carbocycles. The maximum Gasteiger partial charge on any atom is 0.179 e. The first-order valence-corrected chi connectivity index (χ1v) is 13.2. The van der Waals surface area contributed by atoms with Gasteiger partial charge in [0.1, 0.15) is 0 Å². The highest BCUT2D eigenvalue weighted by Gasteiger charge is 2.41. The fourth-order valence-corrected chi connectivity index (χ4v) is 5.68. The van der Waals surface area contributed by atoms with Crippen LogP contribution in [0.1, 0.15) is 34.0 Å². The number of amidine groups is 2. The first kappa shape index (κ1) is 23.2. The zero-order valence-electron chi connectivity index (χ0n) is 22.1. The van der Waals surface area contributed by atoms with E-state index in [2.05, 4.69) is 110 Å². The van der Waals surface area contributed by atoms with Gasteiger partial charge in [-0.05, 0) is 73.9 Å². The molecule has 0 unspecified atom stereocenters. The molecule has 5 aromatic rings. The molecule has 0 spiro atoms. The van der Waals surface area contributed by atoms with Gasteiger partial charge in [-0.3, -0.25) is 0 Å². The highest BCUT2D eigenvalue weighted by atomic mass is 15.4. The number of aryl methyl sites for hydroxylation is 3. The van der Waals surface area contributed by atoms with Gasteiger partial charge >= 0.3 is 0 Å². The molecular weight excluding hydrogens is 480 g/mol. The lowest BCUT2D eigenvalue weighted by molar-refractivity contribution is 0.815. The minimum atomic E-state index is -0.126. The topological polar surface area (TPSA) is 57.8 Å². The van der Waals surface area contributed by atoms with Crippen LogP contribution in [0.15, 0.2) is 113 Å². The molecule has 0 aliphatic carbocycles. The molecule has 0 saturated heterocycles. The van der Waals surface area contributed by atoms with Crippen LogP contribution in [0.5, 0.6) is 0 Å². The van der Waals surface area contributed by atoms with Gasteiger partial charge in [-0.25, -0.2) is 14.7 Å². The number of anilines is 2. The third-order valence-corrected chi connectivity index (χ3v) is 7.24. The molecule has 1 atom stereocenters. The Morgan fingerprint density at radius 2 is 1.38 bits per heavy atom. The van der Waals surface area contributed by atoms with Crippen molar-refractivity contribution >= 4 is 34.6 Å². The second kappa shape index (κ2) is 9.10. The van der Waals surface area contributed by atoms with Crippen molar-refractivity contribution in [2.24, 2.45) is 9.98 Å². The molecular formula is C33H28N6. The predicted octanol–water partition coefficient (Wildman–Crippen LogP) is 7.59. The zero-order valence-corrected chi connectivity index (χ0v) is 22.1. The fourth-order valence-electron chi connectivity index (χ4n) is 5.68. The van der Waals surface area contributed by atoms with Gasteiger partial charge < -0.3 is 10.2 Å². The van der Waals surface area contributed by atoms with E-state index in [-0.39, 0.29) is 6.04 Å². The van der Waals surface area contributed by atoms with E-state index < -0.39 is 0 Å². The van der Waals surface area contributed by atoms with Gasteiger partial charge in [-0.2, -0.15) is 5.10 Å². The van der Waals surface area contributed by atoms with Gasteiger partial charge in [-0.1, -0.05) is 66.7 Å². The molecule has 0 amide bonds. The van der Waals surface area contributed by atoms with Gasteiger partial charge in [0.15, 0.2) is 17.5 Å². The van der Waals surface area contributed by atoms with E-state index in [0.717, 1.165) is 45.7 Å². The first-order chi connectivity index (χ1) is 19.1. The first-order valence-electron chi connectivity index (χ1n) is 13.2. The minimum absolute atomic E-state index is 0.126. The van der Waals surface area contributed by atoms with Crippen LogP contribution >= 0.6 is 0 Å². The number of benzene rings is 4. The third kappa shape index (κ3) is 3.92. The lowest BCUT2D eigenvalue weighted by Crippen LogP contribution is -2.46. The van der Waals surface area contributed by atoms with Crippen molar-refractivity contribution in [3.63, 3.8) is 0 Å². The Morgan fingerprint density at radius 3 is 2.13 bits per heavy atom.